The number of benzene rings is 3. The van der Waals surface area contributed by atoms with Crippen LogP contribution in [0.15, 0.2) is 77.7 Å². The van der Waals surface area contributed by atoms with Crippen molar-refractivity contribution in [3.05, 3.63) is 89.5 Å². The van der Waals surface area contributed by atoms with Gasteiger partial charge in [-0.15, -0.1) is 0 Å². The van der Waals surface area contributed by atoms with Gasteiger partial charge in [-0.3, -0.25) is 13.9 Å². The van der Waals surface area contributed by atoms with Crippen molar-refractivity contribution in [1.29, 1.82) is 0 Å². The molecule has 1 atom stereocenters. The van der Waals surface area contributed by atoms with Crippen LogP contribution in [0.5, 0.6) is 5.75 Å². The van der Waals surface area contributed by atoms with Crippen molar-refractivity contribution in [2.24, 2.45) is 0 Å². The fraction of sp³-hybridized carbons (Fsp3) is 0.333. The molecule has 0 aliphatic rings. The van der Waals surface area contributed by atoms with Gasteiger partial charge in [-0.05, 0) is 74.7 Å². The van der Waals surface area contributed by atoms with Crippen LogP contribution in [0, 0.1) is 13.8 Å². The maximum atomic E-state index is 14.0. The summed E-state index contributed by atoms with van der Waals surface area (Å²) in [6.45, 7) is 7.66. The van der Waals surface area contributed by atoms with E-state index in [4.69, 9.17) is 4.74 Å². The van der Waals surface area contributed by atoms with Crippen LogP contribution in [0.3, 0.4) is 0 Å². The van der Waals surface area contributed by atoms with E-state index < -0.39 is 28.5 Å². The summed E-state index contributed by atoms with van der Waals surface area (Å²) in [7, 11) is -2.61. The van der Waals surface area contributed by atoms with Crippen LogP contribution in [0.4, 0.5) is 5.69 Å². The van der Waals surface area contributed by atoms with Crippen molar-refractivity contribution in [3.8, 4) is 5.75 Å². The molecule has 0 heterocycles. The number of ether oxygens (including phenoxy) is 1. The normalized spacial score (nSPS) is 11.9. The number of sulfonamides is 1. The van der Waals surface area contributed by atoms with E-state index in [1.807, 2.05) is 52.0 Å². The Labute approximate surface area is 231 Å². The highest BCUT2D eigenvalue weighted by atomic mass is 32.2. The Morgan fingerprint density at radius 2 is 1.56 bits per heavy atom. The van der Waals surface area contributed by atoms with Gasteiger partial charge in [0.2, 0.25) is 11.8 Å². The number of amides is 2. The molecular weight excluding hydrogens is 514 g/mol. The molecule has 0 aliphatic carbocycles. The molecule has 0 spiro atoms. The van der Waals surface area contributed by atoms with E-state index in [2.05, 4.69) is 5.32 Å². The molecule has 208 valence electrons. The summed E-state index contributed by atoms with van der Waals surface area (Å²) in [6, 6.07) is 19.9. The molecule has 39 heavy (non-hydrogen) atoms. The summed E-state index contributed by atoms with van der Waals surface area (Å²) >= 11 is 0. The predicted molar refractivity (Wildman–Crippen MR) is 153 cm³/mol. The fourth-order valence-electron chi connectivity index (χ4n) is 4.30. The Morgan fingerprint density at radius 3 is 2.13 bits per heavy atom. The van der Waals surface area contributed by atoms with Crippen molar-refractivity contribution < 1.29 is 22.7 Å². The molecule has 9 heteroatoms. The third kappa shape index (κ3) is 7.17. The van der Waals surface area contributed by atoms with Gasteiger partial charge >= 0.3 is 0 Å². The van der Waals surface area contributed by atoms with Crippen LogP contribution in [-0.2, 0) is 26.2 Å². The third-order valence-corrected chi connectivity index (χ3v) is 8.35. The Bertz CT molecular complexity index is 1370. The number of hydrogen-bond donors (Lipinski definition) is 1. The van der Waals surface area contributed by atoms with Crippen LogP contribution in [0.1, 0.15) is 37.0 Å². The second-order valence-corrected chi connectivity index (χ2v) is 11.1. The number of aryl methyl sites for hydroxylation is 2. The van der Waals surface area contributed by atoms with E-state index in [1.165, 1.54) is 24.1 Å². The SMILES string of the molecule is CCOc1ccc(S(=O)(=O)N(CC(=O)N(Cc2ccccc2C)C(CC)C(=O)NC)c2ccc(C)cc2)cc1. The van der Waals surface area contributed by atoms with Crippen molar-refractivity contribution in [1.82, 2.24) is 10.2 Å². The highest BCUT2D eigenvalue weighted by Gasteiger charge is 2.33. The highest BCUT2D eigenvalue weighted by molar-refractivity contribution is 7.92. The lowest BCUT2D eigenvalue weighted by Gasteiger charge is -2.33. The van der Waals surface area contributed by atoms with E-state index in [0.717, 1.165) is 21.0 Å². The molecule has 0 radical (unpaired) electrons. The lowest BCUT2D eigenvalue weighted by molar-refractivity contribution is -0.140. The van der Waals surface area contributed by atoms with Crippen molar-refractivity contribution >= 4 is 27.5 Å². The monoisotopic (exact) mass is 551 g/mol. The molecule has 3 aromatic carbocycles. The summed E-state index contributed by atoms with van der Waals surface area (Å²) in [5, 5.41) is 2.64. The van der Waals surface area contributed by atoms with Gasteiger partial charge in [-0.2, -0.15) is 0 Å². The standard InChI is InChI=1S/C30H37N3O5S/c1-6-28(30(35)31-5)32(20-24-11-9-8-10-23(24)4)29(34)21-33(25-14-12-22(3)13-15-25)39(36,37)27-18-16-26(17-19-27)38-7-2/h8-19,28H,6-7,20-21H2,1-5H3,(H,31,35). The molecule has 0 fully saturated rings. The van der Waals surface area contributed by atoms with Crippen LogP contribution in [0.25, 0.3) is 0 Å². The maximum Gasteiger partial charge on any atom is 0.264 e. The molecule has 0 saturated carbocycles. The first-order valence-corrected chi connectivity index (χ1v) is 14.4. The number of rotatable bonds is 12. The number of carbonyl (C=O) groups is 2. The zero-order valence-electron chi connectivity index (χ0n) is 23.2. The Balaban J connectivity index is 2.05. The molecule has 0 saturated heterocycles. The topological polar surface area (TPSA) is 96.0 Å². The number of anilines is 1. The zero-order valence-corrected chi connectivity index (χ0v) is 24.0. The van der Waals surface area contributed by atoms with Crippen molar-refractivity contribution in [2.75, 3.05) is 24.5 Å². The predicted octanol–water partition coefficient (Wildman–Crippen LogP) is 4.45. The molecular formula is C30H37N3O5S. The molecule has 1 unspecified atom stereocenters. The van der Waals surface area contributed by atoms with Gasteiger partial charge in [0.1, 0.15) is 18.3 Å². The molecule has 1 N–H and O–H groups in total. The fourth-order valence-corrected chi connectivity index (χ4v) is 5.71. The second-order valence-electron chi connectivity index (χ2n) is 9.24. The number of carbonyl (C=O) groups excluding carboxylic acids is 2. The highest BCUT2D eigenvalue weighted by Crippen LogP contribution is 2.27. The Hall–Kier alpha value is -3.85. The molecule has 3 aromatic rings. The minimum Gasteiger partial charge on any atom is -0.494 e. The minimum absolute atomic E-state index is 0.0307. The first kappa shape index (κ1) is 29.7. The second kappa shape index (κ2) is 13.3. The smallest absolute Gasteiger partial charge is 0.264 e. The van der Waals surface area contributed by atoms with E-state index in [9.17, 15) is 18.0 Å². The number of nitrogens with one attached hydrogen (secondary N) is 1. The minimum atomic E-state index is -4.14. The summed E-state index contributed by atoms with van der Waals surface area (Å²) in [5.41, 5.74) is 3.16. The van der Waals surface area contributed by atoms with Gasteiger partial charge in [0.15, 0.2) is 0 Å². The van der Waals surface area contributed by atoms with E-state index >= 15 is 0 Å². The van der Waals surface area contributed by atoms with Gasteiger partial charge in [-0.25, -0.2) is 8.42 Å². The molecule has 0 aliphatic heterocycles. The number of likely N-dealkylation sites (N-methyl/N-ethyl adjacent to an activating group) is 1. The van der Waals surface area contributed by atoms with E-state index in [-0.39, 0.29) is 17.3 Å². The maximum absolute atomic E-state index is 14.0. The molecule has 0 aromatic heterocycles. The quantitative estimate of drug-likeness (QED) is 0.359. The van der Waals surface area contributed by atoms with Gasteiger partial charge in [-0.1, -0.05) is 48.9 Å². The number of nitrogens with zero attached hydrogens (tertiary/aromatic N) is 2. The summed E-state index contributed by atoms with van der Waals surface area (Å²) in [5.74, 6) is -0.241. The van der Waals surface area contributed by atoms with Gasteiger partial charge < -0.3 is 15.0 Å². The molecule has 8 nitrogen and oxygen atoms in total. The van der Waals surface area contributed by atoms with E-state index in [0.29, 0.717) is 24.5 Å². The van der Waals surface area contributed by atoms with Crippen LogP contribution in [-0.4, -0.2) is 51.4 Å². The average Bonchev–Trinajstić information content (AvgIpc) is 2.93. The van der Waals surface area contributed by atoms with Crippen molar-refractivity contribution in [2.45, 2.75) is 51.6 Å². The molecule has 3 rings (SSSR count). The number of hydrogen-bond acceptors (Lipinski definition) is 5. The van der Waals surface area contributed by atoms with Crippen LogP contribution in [0.2, 0.25) is 0 Å². The van der Waals surface area contributed by atoms with Gasteiger partial charge in [0.25, 0.3) is 10.0 Å². The lowest BCUT2D eigenvalue weighted by atomic mass is 10.1. The molecule has 0 bridgehead atoms. The van der Waals surface area contributed by atoms with Gasteiger partial charge in [0, 0.05) is 13.6 Å². The zero-order chi connectivity index (χ0) is 28.6. The first-order valence-electron chi connectivity index (χ1n) is 13.0. The van der Waals surface area contributed by atoms with Crippen LogP contribution < -0.4 is 14.4 Å². The van der Waals surface area contributed by atoms with Crippen molar-refractivity contribution in [3.63, 3.8) is 0 Å². The summed E-state index contributed by atoms with van der Waals surface area (Å²) in [4.78, 5) is 28.3. The largest absolute Gasteiger partial charge is 0.494 e. The van der Waals surface area contributed by atoms with Crippen LogP contribution >= 0.6 is 0 Å². The molecule has 2 amide bonds. The lowest BCUT2D eigenvalue weighted by Crippen LogP contribution is -2.51. The summed E-state index contributed by atoms with van der Waals surface area (Å²) < 4.78 is 34.4. The van der Waals surface area contributed by atoms with E-state index in [1.54, 1.807) is 36.4 Å². The Kier molecular flexibility index (Phi) is 10.1. The average molecular weight is 552 g/mol. The summed E-state index contributed by atoms with van der Waals surface area (Å²) in [6.07, 6.45) is 0.369. The van der Waals surface area contributed by atoms with Gasteiger partial charge in [0.05, 0.1) is 17.2 Å². The first-order chi connectivity index (χ1) is 18.6. The Morgan fingerprint density at radius 1 is 0.923 bits per heavy atom. The third-order valence-electron chi connectivity index (χ3n) is 6.56.